The van der Waals surface area contributed by atoms with Crippen molar-refractivity contribution in [3.63, 3.8) is 0 Å². The maximum atomic E-state index is 11.6. The second-order valence-corrected chi connectivity index (χ2v) is 5.29. The highest BCUT2D eigenvalue weighted by Gasteiger charge is 2.14. The Hall–Kier alpha value is -1.30. The van der Waals surface area contributed by atoms with Crippen molar-refractivity contribution in [1.29, 1.82) is 0 Å². The first kappa shape index (κ1) is 16.8. The molecule has 0 aromatic rings. The predicted octanol–water partition coefficient (Wildman–Crippen LogP) is 1.75. The number of urea groups is 1. The van der Waals surface area contributed by atoms with E-state index in [1.165, 1.54) is 6.42 Å². The molecule has 20 heavy (non-hydrogen) atoms. The third kappa shape index (κ3) is 7.33. The zero-order valence-corrected chi connectivity index (χ0v) is 12.2. The lowest BCUT2D eigenvalue weighted by molar-refractivity contribution is -0.138. The van der Waals surface area contributed by atoms with Crippen molar-refractivity contribution in [2.45, 2.75) is 51.6 Å². The molecule has 1 saturated heterocycles. The Morgan fingerprint density at radius 3 is 2.75 bits per heavy atom. The van der Waals surface area contributed by atoms with E-state index in [1.54, 1.807) is 0 Å². The van der Waals surface area contributed by atoms with Gasteiger partial charge in [0.25, 0.3) is 0 Å². The zero-order valence-electron chi connectivity index (χ0n) is 12.2. The van der Waals surface area contributed by atoms with Crippen LogP contribution in [0.1, 0.15) is 45.4 Å². The van der Waals surface area contributed by atoms with Crippen molar-refractivity contribution in [3.05, 3.63) is 0 Å². The molecule has 3 N–H and O–H groups in total. The van der Waals surface area contributed by atoms with Crippen LogP contribution in [-0.2, 0) is 9.53 Å². The number of hydrogen-bond acceptors (Lipinski definition) is 3. The summed E-state index contributed by atoms with van der Waals surface area (Å²) in [5, 5.41) is 14.2. The third-order valence-corrected chi connectivity index (χ3v) is 3.62. The van der Waals surface area contributed by atoms with Crippen LogP contribution in [0.3, 0.4) is 0 Å². The van der Waals surface area contributed by atoms with Crippen LogP contribution >= 0.6 is 0 Å². The molecule has 1 aliphatic heterocycles. The molecule has 0 spiro atoms. The number of nitrogens with one attached hydrogen (secondary N) is 2. The van der Waals surface area contributed by atoms with Crippen LogP contribution in [0.15, 0.2) is 0 Å². The number of carboxylic acid groups (broad SMARTS) is 1. The number of rotatable bonds is 8. The minimum atomic E-state index is -0.825. The van der Waals surface area contributed by atoms with Crippen molar-refractivity contribution < 1.29 is 19.4 Å². The summed E-state index contributed by atoms with van der Waals surface area (Å²) < 4.78 is 5.58. The van der Waals surface area contributed by atoms with Crippen LogP contribution in [0.2, 0.25) is 0 Å². The molecule has 6 nitrogen and oxygen atoms in total. The average molecular weight is 286 g/mol. The zero-order chi connectivity index (χ0) is 14.8. The van der Waals surface area contributed by atoms with E-state index in [4.69, 9.17) is 9.84 Å². The number of aliphatic carboxylic acids is 1. The summed E-state index contributed by atoms with van der Waals surface area (Å²) in [5.41, 5.74) is 0. The Morgan fingerprint density at radius 2 is 2.15 bits per heavy atom. The molecule has 0 aromatic heterocycles. The first-order valence-electron chi connectivity index (χ1n) is 7.47. The molecule has 0 bridgehead atoms. The van der Waals surface area contributed by atoms with Gasteiger partial charge in [-0.1, -0.05) is 13.3 Å². The van der Waals surface area contributed by atoms with Gasteiger partial charge in [-0.05, 0) is 31.6 Å². The molecule has 1 heterocycles. The highest BCUT2D eigenvalue weighted by molar-refractivity contribution is 5.74. The summed E-state index contributed by atoms with van der Waals surface area (Å²) >= 11 is 0. The van der Waals surface area contributed by atoms with E-state index in [0.717, 1.165) is 32.3 Å². The van der Waals surface area contributed by atoms with Crippen LogP contribution in [0.25, 0.3) is 0 Å². The fourth-order valence-electron chi connectivity index (χ4n) is 2.29. The van der Waals surface area contributed by atoms with Crippen LogP contribution in [0, 0.1) is 5.92 Å². The number of amides is 2. The van der Waals surface area contributed by atoms with Gasteiger partial charge in [-0.3, -0.25) is 4.79 Å². The van der Waals surface area contributed by atoms with Gasteiger partial charge in [-0.25, -0.2) is 4.79 Å². The quantitative estimate of drug-likeness (QED) is 0.634. The molecule has 1 fully saturated rings. The smallest absolute Gasteiger partial charge is 0.314 e. The van der Waals surface area contributed by atoms with Crippen molar-refractivity contribution in [2.75, 3.05) is 19.7 Å². The fraction of sp³-hybridized carbons (Fsp3) is 0.857. The van der Waals surface area contributed by atoms with E-state index in [0.29, 0.717) is 13.1 Å². The maximum absolute atomic E-state index is 11.6. The van der Waals surface area contributed by atoms with Crippen LogP contribution in [0.5, 0.6) is 0 Å². The molecule has 0 saturated carbocycles. The number of carboxylic acids is 1. The Morgan fingerprint density at radius 1 is 1.35 bits per heavy atom. The second kappa shape index (κ2) is 9.58. The molecule has 2 amide bonds. The van der Waals surface area contributed by atoms with Crippen LogP contribution < -0.4 is 10.6 Å². The standard InChI is InChI=1S/C14H26N2O4/c1-2-11(9-13(17)18)10-16-14(19)15-7-6-12-5-3-4-8-20-12/h11-12H,2-10H2,1H3,(H,17,18)(H2,15,16,19). The monoisotopic (exact) mass is 286 g/mol. The molecular weight excluding hydrogens is 260 g/mol. The molecule has 0 radical (unpaired) electrons. The summed E-state index contributed by atoms with van der Waals surface area (Å²) in [6.07, 6.45) is 5.32. The van der Waals surface area contributed by atoms with Gasteiger partial charge in [-0.15, -0.1) is 0 Å². The number of ether oxygens (including phenoxy) is 1. The van der Waals surface area contributed by atoms with Gasteiger partial charge in [0.05, 0.1) is 6.10 Å². The fourth-order valence-corrected chi connectivity index (χ4v) is 2.29. The number of hydrogen-bond donors (Lipinski definition) is 3. The van der Waals surface area contributed by atoms with Gasteiger partial charge in [0.1, 0.15) is 0 Å². The number of carbonyl (C=O) groups excluding carboxylic acids is 1. The third-order valence-electron chi connectivity index (χ3n) is 3.62. The number of carbonyl (C=O) groups is 2. The molecular formula is C14H26N2O4. The van der Waals surface area contributed by atoms with E-state index in [1.807, 2.05) is 6.92 Å². The maximum Gasteiger partial charge on any atom is 0.314 e. The highest BCUT2D eigenvalue weighted by atomic mass is 16.5. The summed E-state index contributed by atoms with van der Waals surface area (Å²) in [6.45, 7) is 3.73. The largest absolute Gasteiger partial charge is 0.481 e. The van der Waals surface area contributed by atoms with Crippen LogP contribution in [-0.4, -0.2) is 42.9 Å². The highest BCUT2D eigenvalue weighted by Crippen LogP contribution is 2.14. The van der Waals surface area contributed by atoms with Gasteiger partial charge in [0.2, 0.25) is 0 Å². The van der Waals surface area contributed by atoms with Gasteiger partial charge in [-0.2, -0.15) is 0 Å². The first-order chi connectivity index (χ1) is 9.61. The Balaban J connectivity index is 2.08. The van der Waals surface area contributed by atoms with E-state index in [-0.39, 0.29) is 24.5 Å². The first-order valence-corrected chi connectivity index (χ1v) is 7.47. The molecule has 2 unspecified atom stereocenters. The van der Waals surface area contributed by atoms with Gasteiger partial charge in [0.15, 0.2) is 0 Å². The lowest BCUT2D eigenvalue weighted by Gasteiger charge is -2.22. The van der Waals surface area contributed by atoms with Crippen molar-refractivity contribution in [1.82, 2.24) is 10.6 Å². The SMILES string of the molecule is CCC(CNC(=O)NCCC1CCCCO1)CC(=O)O. The average Bonchev–Trinajstić information content (AvgIpc) is 2.44. The molecule has 2 atom stereocenters. The molecule has 0 aromatic carbocycles. The van der Waals surface area contributed by atoms with Crippen molar-refractivity contribution in [2.24, 2.45) is 5.92 Å². The predicted molar refractivity (Wildman–Crippen MR) is 75.6 cm³/mol. The Kier molecular flexibility index (Phi) is 8.02. The van der Waals surface area contributed by atoms with Crippen molar-refractivity contribution in [3.8, 4) is 0 Å². The lowest BCUT2D eigenvalue weighted by atomic mass is 10.0. The second-order valence-electron chi connectivity index (χ2n) is 5.29. The van der Waals surface area contributed by atoms with Crippen molar-refractivity contribution >= 4 is 12.0 Å². The topological polar surface area (TPSA) is 87.7 Å². The minimum Gasteiger partial charge on any atom is -0.481 e. The van der Waals surface area contributed by atoms with Crippen LogP contribution in [0.4, 0.5) is 4.79 Å². The summed E-state index contributed by atoms with van der Waals surface area (Å²) in [6, 6.07) is -0.232. The van der Waals surface area contributed by atoms with Gasteiger partial charge < -0.3 is 20.5 Å². The summed E-state index contributed by atoms with van der Waals surface area (Å²) in [5.74, 6) is -0.839. The van der Waals surface area contributed by atoms with E-state index >= 15 is 0 Å². The van der Waals surface area contributed by atoms with E-state index < -0.39 is 5.97 Å². The molecule has 1 aliphatic rings. The molecule has 6 heteroatoms. The molecule has 1 rings (SSSR count). The van der Waals surface area contributed by atoms with Gasteiger partial charge in [0, 0.05) is 26.1 Å². The lowest BCUT2D eigenvalue weighted by Crippen LogP contribution is -2.40. The minimum absolute atomic E-state index is 0.0140. The van der Waals surface area contributed by atoms with E-state index in [9.17, 15) is 9.59 Å². The summed E-state index contributed by atoms with van der Waals surface area (Å²) in [4.78, 5) is 22.2. The summed E-state index contributed by atoms with van der Waals surface area (Å²) in [7, 11) is 0. The van der Waals surface area contributed by atoms with E-state index in [2.05, 4.69) is 10.6 Å². The normalized spacial score (nSPS) is 20.1. The Labute approximate surface area is 120 Å². The molecule has 0 aliphatic carbocycles. The Bertz CT molecular complexity index is 304. The van der Waals surface area contributed by atoms with Gasteiger partial charge >= 0.3 is 12.0 Å². The molecule has 116 valence electrons.